The summed E-state index contributed by atoms with van der Waals surface area (Å²) in [4.78, 5) is 15.7. The van der Waals surface area contributed by atoms with Crippen LogP contribution in [0, 0.1) is 0 Å². The average Bonchev–Trinajstić information content (AvgIpc) is 2.79. The Morgan fingerprint density at radius 2 is 0.966 bits per heavy atom. The first kappa shape index (κ1) is 19.3. The van der Waals surface area contributed by atoms with E-state index < -0.39 is 13.1 Å². The van der Waals surface area contributed by atoms with E-state index in [1.54, 1.807) is 6.92 Å². The molecule has 1 radical (unpaired) electrons. The third-order valence-electron chi connectivity index (χ3n) is 5.02. The van der Waals surface area contributed by atoms with Gasteiger partial charge in [0.25, 0.3) is 0 Å². The van der Waals surface area contributed by atoms with E-state index in [0.29, 0.717) is 0 Å². The maximum absolute atomic E-state index is 11.7. The molecule has 0 aliphatic rings. The molecule has 141 valence electrons. The predicted molar refractivity (Wildman–Crippen MR) is 125 cm³/mol. The monoisotopic (exact) mass is 437 g/mol. The molecule has 0 saturated heterocycles. The van der Waals surface area contributed by atoms with Gasteiger partial charge in [0.05, 0.1) is 0 Å². The number of Topliss-reactive ketones (excluding diaryl/α,β-unsaturated/α-hetero) is 1. The van der Waals surface area contributed by atoms with E-state index in [2.05, 4.69) is 95.8 Å². The van der Waals surface area contributed by atoms with Crippen molar-refractivity contribution in [1.82, 2.24) is 0 Å². The normalized spacial score (nSPS) is 11.1. The van der Waals surface area contributed by atoms with E-state index in [0.717, 1.165) is 11.1 Å². The van der Waals surface area contributed by atoms with Crippen LogP contribution in [0.1, 0.15) is 22.8 Å². The molecule has 1 nitrogen and oxygen atoms in total. The van der Waals surface area contributed by atoms with Gasteiger partial charge in [-0.3, -0.25) is 0 Å². The second-order valence-corrected chi connectivity index (χ2v) is 13.5. The van der Waals surface area contributed by atoms with Crippen LogP contribution < -0.4 is 13.1 Å². The summed E-state index contributed by atoms with van der Waals surface area (Å²) in [6.07, 6.45) is 0. The van der Waals surface area contributed by atoms with E-state index in [-0.39, 0.29) is 5.78 Å². The third kappa shape index (κ3) is 3.92. The zero-order valence-corrected chi connectivity index (χ0v) is 18.2. The molecule has 0 spiro atoms. The van der Waals surface area contributed by atoms with Crippen molar-refractivity contribution in [1.29, 1.82) is 0 Å². The van der Waals surface area contributed by atoms with Crippen molar-refractivity contribution < 1.29 is 4.79 Å². The van der Waals surface area contributed by atoms with E-state index in [9.17, 15) is 4.79 Å². The number of carbonyl (C=O) groups excluding carboxylic acids is 1. The van der Waals surface area contributed by atoms with Gasteiger partial charge in [0.1, 0.15) is 0 Å². The summed E-state index contributed by atoms with van der Waals surface area (Å²) < 4.78 is 3.95. The van der Waals surface area contributed by atoms with Crippen LogP contribution in [0.5, 0.6) is 0 Å². The molecular formula is C27H22AsO. The van der Waals surface area contributed by atoms with Gasteiger partial charge in [-0.05, 0) is 0 Å². The Morgan fingerprint density at radius 1 is 0.586 bits per heavy atom. The van der Waals surface area contributed by atoms with Crippen molar-refractivity contribution in [2.45, 2.75) is 6.92 Å². The molecule has 29 heavy (non-hydrogen) atoms. The van der Waals surface area contributed by atoms with Gasteiger partial charge in [0.15, 0.2) is 0 Å². The topological polar surface area (TPSA) is 17.1 Å². The zero-order chi connectivity index (χ0) is 20.1. The molecule has 2 heteroatoms. The first-order chi connectivity index (χ1) is 14.2. The fourth-order valence-corrected chi connectivity index (χ4v) is 11.3. The van der Waals surface area contributed by atoms with Crippen LogP contribution in [0.2, 0.25) is 0 Å². The zero-order valence-electron chi connectivity index (χ0n) is 16.3. The Hall–Kier alpha value is -3.02. The molecule has 4 aromatic carbocycles. The molecule has 0 bridgehead atoms. The van der Waals surface area contributed by atoms with Crippen LogP contribution >= 0.6 is 0 Å². The Balaban J connectivity index is 2.06. The summed E-state index contributed by atoms with van der Waals surface area (Å²) in [5, 5.41) is 0. The van der Waals surface area contributed by atoms with E-state index in [1.807, 2.05) is 24.3 Å². The van der Waals surface area contributed by atoms with E-state index in [4.69, 9.17) is 0 Å². The fourth-order valence-electron chi connectivity index (χ4n) is 3.57. The number of ketones is 1. The van der Waals surface area contributed by atoms with Gasteiger partial charge in [-0.25, -0.2) is 0 Å². The van der Waals surface area contributed by atoms with E-state index in [1.165, 1.54) is 13.1 Å². The Kier molecular flexibility index (Phi) is 5.69. The third-order valence-corrected chi connectivity index (χ3v) is 13.0. The van der Waals surface area contributed by atoms with Crippen LogP contribution in [0.15, 0.2) is 115 Å². The van der Waals surface area contributed by atoms with Crippen molar-refractivity contribution >= 4 is 36.8 Å². The Morgan fingerprint density at radius 3 is 1.31 bits per heavy atom. The molecule has 0 N–H and O–H groups in total. The molecular weight excluding hydrogens is 415 g/mol. The molecule has 4 rings (SSSR count). The van der Waals surface area contributed by atoms with Gasteiger partial charge in [-0.15, -0.1) is 0 Å². The van der Waals surface area contributed by atoms with Gasteiger partial charge in [-0.1, -0.05) is 0 Å². The second-order valence-electron chi connectivity index (χ2n) is 6.92. The van der Waals surface area contributed by atoms with Gasteiger partial charge < -0.3 is 0 Å². The molecule has 0 amide bonds. The SMILES string of the molecule is CC(=O)c1ccc([C]=[As](c2ccccc2)(c2ccccc2)c2ccccc2)cc1. The molecule has 0 saturated carbocycles. The van der Waals surface area contributed by atoms with E-state index >= 15 is 0 Å². The number of hydrogen-bond acceptors (Lipinski definition) is 1. The van der Waals surface area contributed by atoms with Crippen LogP contribution in [0.25, 0.3) is 0 Å². The fraction of sp³-hybridized carbons (Fsp3) is 0.0370. The minimum atomic E-state index is -3.01. The van der Waals surface area contributed by atoms with Crippen LogP contribution in [0.4, 0.5) is 0 Å². The molecule has 4 aromatic rings. The van der Waals surface area contributed by atoms with Gasteiger partial charge >= 0.3 is 175 Å². The Labute approximate surface area is 174 Å². The van der Waals surface area contributed by atoms with Crippen molar-refractivity contribution in [2.24, 2.45) is 0 Å². The van der Waals surface area contributed by atoms with Crippen molar-refractivity contribution in [3.63, 3.8) is 0 Å². The number of carbonyl (C=O) groups is 1. The van der Waals surface area contributed by atoms with Crippen LogP contribution in [0.3, 0.4) is 0 Å². The first-order valence-electron chi connectivity index (χ1n) is 9.65. The predicted octanol–water partition coefficient (Wildman–Crippen LogP) is 3.67. The van der Waals surface area contributed by atoms with Crippen molar-refractivity contribution in [3.8, 4) is 0 Å². The molecule has 0 unspecified atom stereocenters. The number of benzene rings is 4. The average molecular weight is 437 g/mol. The molecule has 0 aromatic heterocycles. The summed E-state index contributed by atoms with van der Waals surface area (Å²) in [5.41, 5.74) is 1.75. The Bertz CT molecular complexity index is 1040. The maximum atomic E-state index is 11.7. The first-order valence-corrected chi connectivity index (χ1v) is 13.4. The summed E-state index contributed by atoms with van der Waals surface area (Å²) in [6.45, 7) is 1.60. The summed E-state index contributed by atoms with van der Waals surface area (Å²) in [6, 6.07) is 40.0. The summed E-state index contributed by atoms with van der Waals surface area (Å²) >= 11 is -3.01. The van der Waals surface area contributed by atoms with Crippen molar-refractivity contribution in [2.75, 3.05) is 0 Å². The molecule has 0 heterocycles. The minimum absolute atomic E-state index is 0.0807. The quantitative estimate of drug-likeness (QED) is 0.344. The number of hydrogen-bond donors (Lipinski definition) is 0. The molecule has 0 atom stereocenters. The molecule has 0 aliphatic carbocycles. The van der Waals surface area contributed by atoms with Gasteiger partial charge in [-0.2, -0.15) is 0 Å². The molecule has 0 aliphatic heterocycles. The van der Waals surface area contributed by atoms with Gasteiger partial charge in [0.2, 0.25) is 0 Å². The number of rotatable bonds is 5. The van der Waals surface area contributed by atoms with Crippen LogP contribution in [-0.2, 0) is 0 Å². The van der Waals surface area contributed by atoms with Crippen molar-refractivity contribution in [3.05, 3.63) is 126 Å². The molecule has 0 fully saturated rings. The second kappa shape index (κ2) is 8.55. The van der Waals surface area contributed by atoms with Gasteiger partial charge in [0, 0.05) is 0 Å². The summed E-state index contributed by atoms with van der Waals surface area (Å²) in [7, 11) is 0. The summed E-state index contributed by atoms with van der Waals surface area (Å²) in [5.74, 6) is 0.0807. The van der Waals surface area contributed by atoms with Crippen LogP contribution in [-0.4, -0.2) is 23.7 Å². The standard InChI is InChI=1S/C27H22AsO/c1-22(29)24-19-17-23(18-20-24)21-28(25-11-5-2-6-12-25,26-13-7-3-8-14-26)27-15-9-4-10-16-27/h2-20H,1H3.